The fourth-order valence-electron chi connectivity index (χ4n) is 3.24. The number of aryl methyl sites for hydroxylation is 2. The second kappa shape index (κ2) is 6.18. The normalized spacial score (nSPS) is 14.7. The van der Waals surface area contributed by atoms with Crippen LogP contribution in [0.15, 0.2) is 42.2 Å². The highest BCUT2D eigenvalue weighted by Gasteiger charge is 2.30. The first-order chi connectivity index (χ1) is 12.4. The monoisotopic (exact) mass is 366 g/mol. The third kappa shape index (κ3) is 2.74. The number of nitrogens with zero attached hydrogens (tertiary/aromatic N) is 2. The second-order valence-electron chi connectivity index (χ2n) is 6.66. The van der Waals surface area contributed by atoms with Gasteiger partial charge in [-0.1, -0.05) is 29.8 Å². The van der Waals surface area contributed by atoms with Gasteiger partial charge in [0.15, 0.2) is 0 Å². The lowest BCUT2D eigenvalue weighted by atomic mass is 10.1. The lowest BCUT2D eigenvalue weighted by Crippen LogP contribution is -2.26. The number of imidazole rings is 1. The third-order valence-corrected chi connectivity index (χ3v) is 5.20. The Labute approximate surface area is 156 Å². The van der Waals surface area contributed by atoms with Crippen LogP contribution in [0.25, 0.3) is 16.6 Å². The summed E-state index contributed by atoms with van der Waals surface area (Å²) >= 11 is 6.23. The van der Waals surface area contributed by atoms with Crippen LogP contribution in [0.3, 0.4) is 0 Å². The fourth-order valence-corrected chi connectivity index (χ4v) is 3.43. The molecule has 0 atom stereocenters. The molecule has 0 amide bonds. The summed E-state index contributed by atoms with van der Waals surface area (Å²) in [5.74, 6) is 0.915. The number of rotatable bonds is 3. The number of aliphatic hydroxyl groups excluding tert-OH is 1. The molecule has 6 heteroatoms. The van der Waals surface area contributed by atoms with E-state index in [0.717, 1.165) is 22.2 Å². The van der Waals surface area contributed by atoms with Crippen LogP contribution >= 0.6 is 11.6 Å². The van der Waals surface area contributed by atoms with E-state index in [4.69, 9.17) is 17.0 Å². The zero-order chi connectivity index (χ0) is 18.4. The zero-order valence-corrected chi connectivity index (χ0v) is 15.4. The van der Waals surface area contributed by atoms with Crippen LogP contribution in [0.4, 0.5) is 0 Å². The van der Waals surface area contributed by atoms with Gasteiger partial charge in [0.1, 0.15) is 17.4 Å². The van der Waals surface area contributed by atoms with Crippen LogP contribution in [-0.4, -0.2) is 32.4 Å². The lowest BCUT2D eigenvalue weighted by Gasteiger charge is -2.19. The van der Waals surface area contributed by atoms with Crippen LogP contribution in [0.1, 0.15) is 22.5 Å². The van der Waals surface area contributed by atoms with E-state index >= 15 is 0 Å². The smallest absolute Gasteiger partial charge is 0.145 e. The first-order valence-corrected chi connectivity index (χ1v) is 8.78. The van der Waals surface area contributed by atoms with Crippen molar-refractivity contribution < 1.29 is 5.11 Å². The van der Waals surface area contributed by atoms with Crippen molar-refractivity contribution in [3.8, 4) is 0 Å². The van der Waals surface area contributed by atoms with Gasteiger partial charge < -0.3 is 15.0 Å². The second-order valence-corrected chi connectivity index (χ2v) is 7.06. The van der Waals surface area contributed by atoms with Crippen LogP contribution in [-0.2, 0) is 6.54 Å². The molecule has 0 spiro atoms. The van der Waals surface area contributed by atoms with Crippen LogP contribution < -0.4 is 0 Å². The number of amidine groups is 1. The maximum absolute atomic E-state index is 10.5. The SMILES string of the molecule is Cc1cc2nc(C3=C(O)CN(Cc4ccccc4Cl)C3=N)[nH]c2cc1C. The van der Waals surface area contributed by atoms with Gasteiger partial charge in [-0.05, 0) is 48.7 Å². The standard InChI is InChI=1S/C20H19ClN4O/c1-11-7-15-16(8-12(11)2)24-20(23-15)18-17(26)10-25(19(18)22)9-13-5-3-4-6-14(13)21/h3-8,22,26H,9-10H2,1-2H3,(H,23,24). The van der Waals surface area contributed by atoms with Crippen molar-refractivity contribution in [3.63, 3.8) is 0 Å². The number of benzene rings is 2. The van der Waals surface area contributed by atoms with Crippen LogP contribution in [0, 0.1) is 19.3 Å². The molecule has 26 heavy (non-hydrogen) atoms. The minimum absolute atomic E-state index is 0.148. The van der Waals surface area contributed by atoms with E-state index in [-0.39, 0.29) is 18.1 Å². The molecule has 0 unspecified atom stereocenters. The summed E-state index contributed by atoms with van der Waals surface area (Å²) in [6.07, 6.45) is 0. The lowest BCUT2D eigenvalue weighted by molar-refractivity contribution is 0.347. The van der Waals surface area contributed by atoms with E-state index in [2.05, 4.69) is 16.9 Å². The number of H-pyrrole nitrogens is 1. The van der Waals surface area contributed by atoms with Gasteiger partial charge in [0.25, 0.3) is 0 Å². The predicted octanol–water partition coefficient (Wildman–Crippen LogP) is 4.60. The van der Waals surface area contributed by atoms with Crippen molar-refractivity contribution in [2.45, 2.75) is 20.4 Å². The van der Waals surface area contributed by atoms with Gasteiger partial charge in [-0.3, -0.25) is 5.41 Å². The Bertz CT molecular complexity index is 1030. The Morgan fingerprint density at radius 3 is 2.73 bits per heavy atom. The maximum Gasteiger partial charge on any atom is 0.145 e. The van der Waals surface area contributed by atoms with Gasteiger partial charge >= 0.3 is 0 Å². The molecule has 0 radical (unpaired) electrons. The largest absolute Gasteiger partial charge is 0.510 e. The van der Waals surface area contributed by atoms with Crippen LogP contribution in [0.2, 0.25) is 5.02 Å². The molecule has 1 aliphatic heterocycles. The summed E-state index contributed by atoms with van der Waals surface area (Å²) in [6, 6.07) is 11.6. The summed E-state index contributed by atoms with van der Waals surface area (Å²) in [7, 11) is 0. The minimum atomic E-state index is 0.148. The van der Waals surface area contributed by atoms with Crippen molar-refractivity contribution in [3.05, 3.63) is 69.7 Å². The molecule has 2 aromatic carbocycles. The molecule has 1 aliphatic rings. The summed E-state index contributed by atoms with van der Waals surface area (Å²) in [5, 5.41) is 19.6. The van der Waals surface area contributed by atoms with E-state index < -0.39 is 0 Å². The average Bonchev–Trinajstić information content (AvgIpc) is 3.10. The van der Waals surface area contributed by atoms with E-state index in [1.165, 1.54) is 5.56 Å². The Morgan fingerprint density at radius 2 is 1.96 bits per heavy atom. The summed E-state index contributed by atoms with van der Waals surface area (Å²) < 4.78 is 0. The summed E-state index contributed by atoms with van der Waals surface area (Å²) in [6.45, 7) is 4.83. The Morgan fingerprint density at radius 1 is 1.23 bits per heavy atom. The number of hydrogen-bond acceptors (Lipinski definition) is 3. The van der Waals surface area contributed by atoms with Crippen molar-refractivity contribution >= 4 is 34.0 Å². The quantitative estimate of drug-likeness (QED) is 0.634. The molecule has 132 valence electrons. The van der Waals surface area contributed by atoms with Gasteiger partial charge in [-0.2, -0.15) is 0 Å². The summed E-state index contributed by atoms with van der Waals surface area (Å²) in [5.41, 5.74) is 5.44. The molecule has 0 saturated heterocycles. The molecular formula is C20H19ClN4O. The highest BCUT2D eigenvalue weighted by Crippen LogP contribution is 2.30. The minimum Gasteiger partial charge on any atom is -0.510 e. The highest BCUT2D eigenvalue weighted by molar-refractivity contribution is 6.31. The molecule has 0 saturated carbocycles. The average molecular weight is 367 g/mol. The first-order valence-electron chi connectivity index (χ1n) is 8.41. The van der Waals surface area contributed by atoms with Crippen LogP contribution in [0.5, 0.6) is 0 Å². The molecule has 5 nitrogen and oxygen atoms in total. The van der Waals surface area contributed by atoms with Crippen molar-refractivity contribution in [2.24, 2.45) is 0 Å². The van der Waals surface area contributed by atoms with Crippen molar-refractivity contribution in [1.82, 2.24) is 14.9 Å². The Balaban J connectivity index is 1.66. The topological polar surface area (TPSA) is 76.0 Å². The number of nitrogens with one attached hydrogen (secondary N) is 2. The molecule has 0 aliphatic carbocycles. The highest BCUT2D eigenvalue weighted by atomic mass is 35.5. The zero-order valence-electron chi connectivity index (χ0n) is 14.6. The van der Waals surface area contributed by atoms with Gasteiger partial charge in [-0.25, -0.2) is 4.98 Å². The summed E-state index contributed by atoms with van der Waals surface area (Å²) in [4.78, 5) is 9.62. The number of aliphatic hydroxyl groups is 1. The molecule has 3 aromatic rings. The van der Waals surface area contributed by atoms with E-state index in [9.17, 15) is 5.11 Å². The van der Waals surface area contributed by atoms with E-state index in [1.807, 2.05) is 43.3 Å². The molecule has 0 bridgehead atoms. The maximum atomic E-state index is 10.5. The Hall–Kier alpha value is -2.79. The van der Waals surface area contributed by atoms with Gasteiger partial charge in [-0.15, -0.1) is 0 Å². The van der Waals surface area contributed by atoms with E-state index in [1.54, 1.807) is 4.90 Å². The van der Waals surface area contributed by atoms with Crippen molar-refractivity contribution in [2.75, 3.05) is 6.54 Å². The van der Waals surface area contributed by atoms with E-state index in [0.29, 0.717) is 23.0 Å². The van der Waals surface area contributed by atoms with Gasteiger partial charge in [0.2, 0.25) is 0 Å². The van der Waals surface area contributed by atoms with Gasteiger partial charge in [0, 0.05) is 11.6 Å². The molecule has 2 heterocycles. The molecular weight excluding hydrogens is 348 g/mol. The van der Waals surface area contributed by atoms with Gasteiger partial charge in [0.05, 0.1) is 23.2 Å². The third-order valence-electron chi connectivity index (χ3n) is 4.84. The molecule has 3 N–H and O–H groups in total. The van der Waals surface area contributed by atoms with Crippen molar-refractivity contribution in [1.29, 1.82) is 5.41 Å². The number of hydrogen-bond donors (Lipinski definition) is 3. The first kappa shape index (κ1) is 16.7. The molecule has 4 rings (SSSR count). The molecule has 0 fully saturated rings. The fraction of sp³-hybridized carbons (Fsp3) is 0.200. The number of aromatic amines is 1. The number of fused-ring (bicyclic) bond motifs is 1. The number of halogens is 1. The predicted molar refractivity (Wildman–Crippen MR) is 105 cm³/mol. The molecule has 1 aromatic heterocycles. The number of aromatic nitrogens is 2. The Kier molecular flexibility index (Phi) is 3.96.